The number of Topliss-reactive ketones (excluding diaryl/α,β-unsaturated/α-hetero) is 1. The SMILES string of the molecule is O=C(CSCC(=O)N1CCC2CCC(C1)N2)c1ccccc1. The second kappa shape index (κ2) is 7.29. The van der Waals surface area contributed by atoms with Gasteiger partial charge in [0.05, 0.1) is 11.5 Å². The summed E-state index contributed by atoms with van der Waals surface area (Å²) in [6.07, 6.45) is 3.47. The van der Waals surface area contributed by atoms with Gasteiger partial charge in [-0.05, 0) is 19.3 Å². The zero-order valence-corrected chi connectivity index (χ0v) is 13.5. The van der Waals surface area contributed by atoms with Crippen LogP contribution in [0.3, 0.4) is 0 Å². The summed E-state index contributed by atoms with van der Waals surface area (Å²) in [7, 11) is 0. The standard InChI is InChI=1S/C17H22N2O2S/c20-16(13-4-2-1-3-5-13)11-22-12-17(21)19-9-8-14-6-7-15(10-19)18-14/h1-5,14-15,18H,6-12H2. The van der Waals surface area contributed by atoms with E-state index in [1.807, 2.05) is 35.2 Å². The molecule has 0 saturated carbocycles. The molecule has 5 heteroatoms. The fourth-order valence-corrected chi connectivity index (χ4v) is 4.01. The highest BCUT2D eigenvalue weighted by Crippen LogP contribution is 2.21. The first-order chi connectivity index (χ1) is 10.7. The number of hydrogen-bond acceptors (Lipinski definition) is 4. The van der Waals surface area contributed by atoms with Crippen molar-refractivity contribution in [1.29, 1.82) is 0 Å². The Morgan fingerprint density at radius 2 is 1.86 bits per heavy atom. The van der Waals surface area contributed by atoms with Crippen molar-refractivity contribution in [3.05, 3.63) is 35.9 Å². The highest BCUT2D eigenvalue weighted by Gasteiger charge is 2.30. The number of carbonyl (C=O) groups excluding carboxylic acids is 2. The maximum Gasteiger partial charge on any atom is 0.232 e. The van der Waals surface area contributed by atoms with Gasteiger partial charge >= 0.3 is 0 Å². The molecular formula is C17H22N2O2S. The fourth-order valence-electron chi connectivity index (χ4n) is 3.20. The van der Waals surface area contributed by atoms with Gasteiger partial charge in [-0.15, -0.1) is 11.8 Å². The van der Waals surface area contributed by atoms with Gasteiger partial charge in [0, 0.05) is 30.7 Å². The molecule has 0 aromatic heterocycles. The summed E-state index contributed by atoms with van der Waals surface area (Å²) >= 11 is 1.42. The largest absolute Gasteiger partial charge is 0.340 e. The molecule has 2 atom stereocenters. The average molecular weight is 318 g/mol. The highest BCUT2D eigenvalue weighted by atomic mass is 32.2. The van der Waals surface area contributed by atoms with E-state index in [0.717, 1.165) is 25.1 Å². The van der Waals surface area contributed by atoms with E-state index in [2.05, 4.69) is 5.32 Å². The van der Waals surface area contributed by atoms with Gasteiger partial charge in [0.15, 0.2) is 5.78 Å². The number of carbonyl (C=O) groups is 2. The fraction of sp³-hybridized carbons (Fsp3) is 0.529. The lowest BCUT2D eigenvalue weighted by Gasteiger charge is -2.24. The second-order valence-corrected chi connectivity index (χ2v) is 7.03. The molecule has 2 bridgehead atoms. The summed E-state index contributed by atoms with van der Waals surface area (Å²) in [5, 5.41) is 3.58. The van der Waals surface area contributed by atoms with Crippen molar-refractivity contribution in [2.45, 2.75) is 31.3 Å². The first-order valence-corrected chi connectivity index (χ1v) is 9.07. The van der Waals surface area contributed by atoms with E-state index in [9.17, 15) is 9.59 Å². The van der Waals surface area contributed by atoms with Crippen LogP contribution in [-0.4, -0.2) is 53.3 Å². The van der Waals surface area contributed by atoms with Gasteiger partial charge in [-0.3, -0.25) is 9.59 Å². The Labute approximate surface area is 135 Å². The molecule has 4 nitrogen and oxygen atoms in total. The number of nitrogens with zero attached hydrogens (tertiary/aromatic N) is 1. The number of likely N-dealkylation sites (tertiary alicyclic amines) is 1. The molecule has 1 amide bonds. The number of fused-ring (bicyclic) bond motifs is 2. The Hall–Kier alpha value is -1.33. The quantitative estimate of drug-likeness (QED) is 0.843. The molecule has 2 aliphatic rings. The Bertz CT molecular complexity index is 535. The third-order valence-electron chi connectivity index (χ3n) is 4.43. The summed E-state index contributed by atoms with van der Waals surface area (Å²) in [5.74, 6) is 1.03. The van der Waals surface area contributed by atoms with Crippen molar-refractivity contribution < 1.29 is 9.59 Å². The third-order valence-corrected chi connectivity index (χ3v) is 5.35. The number of benzene rings is 1. The molecule has 2 saturated heterocycles. The van der Waals surface area contributed by atoms with Crippen molar-refractivity contribution in [1.82, 2.24) is 10.2 Å². The van der Waals surface area contributed by atoms with Crippen molar-refractivity contribution in [3.63, 3.8) is 0 Å². The van der Waals surface area contributed by atoms with Crippen LogP contribution < -0.4 is 5.32 Å². The summed E-state index contributed by atoms with van der Waals surface area (Å²) in [5.41, 5.74) is 0.721. The minimum absolute atomic E-state index is 0.0926. The topological polar surface area (TPSA) is 49.4 Å². The first kappa shape index (κ1) is 15.6. The van der Waals surface area contributed by atoms with Crippen LogP contribution in [0, 0.1) is 0 Å². The lowest BCUT2D eigenvalue weighted by atomic mass is 10.1. The molecule has 0 aliphatic carbocycles. The molecule has 1 aromatic carbocycles. The summed E-state index contributed by atoms with van der Waals surface area (Å²) in [6.45, 7) is 1.67. The van der Waals surface area contributed by atoms with E-state index >= 15 is 0 Å². The van der Waals surface area contributed by atoms with Crippen LogP contribution in [0.1, 0.15) is 29.6 Å². The van der Waals surface area contributed by atoms with Crippen LogP contribution >= 0.6 is 11.8 Å². The Morgan fingerprint density at radius 1 is 1.09 bits per heavy atom. The molecule has 0 radical (unpaired) electrons. The van der Waals surface area contributed by atoms with Gasteiger partial charge in [-0.1, -0.05) is 30.3 Å². The number of nitrogens with one attached hydrogen (secondary N) is 1. The van der Waals surface area contributed by atoms with Crippen LogP contribution in [0.2, 0.25) is 0 Å². The van der Waals surface area contributed by atoms with Gasteiger partial charge in [0.2, 0.25) is 5.91 Å². The van der Waals surface area contributed by atoms with Crippen molar-refractivity contribution >= 4 is 23.5 Å². The van der Waals surface area contributed by atoms with E-state index < -0.39 is 0 Å². The molecule has 1 N–H and O–H groups in total. The minimum Gasteiger partial charge on any atom is -0.340 e. The maximum atomic E-state index is 12.3. The number of ketones is 1. The van der Waals surface area contributed by atoms with E-state index in [-0.39, 0.29) is 11.7 Å². The van der Waals surface area contributed by atoms with Gasteiger partial charge in [-0.25, -0.2) is 0 Å². The monoisotopic (exact) mass is 318 g/mol. The normalized spacial score (nSPS) is 24.1. The number of hydrogen-bond donors (Lipinski definition) is 1. The van der Waals surface area contributed by atoms with Crippen LogP contribution in [0.25, 0.3) is 0 Å². The van der Waals surface area contributed by atoms with Crippen LogP contribution in [0.5, 0.6) is 0 Å². The summed E-state index contributed by atoms with van der Waals surface area (Å²) in [6, 6.07) is 10.3. The maximum absolute atomic E-state index is 12.3. The minimum atomic E-state index is 0.0926. The smallest absolute Gasteiger partial charge is 0.232 e. The van der Waals surface area contributed by atoms with Crippen LogP contribution in [-0.2, 0) is 4.79 Å². The molecule has 0 spiro atoms. The van der Waals surface area contributed by atoms with E-state index in [4.69, 9.17) is 0 Å². The van der Waals surface area contributed by atoms with Gasteiger partial charge in [0.25, 0.3) is 0 Å². The van der Waals surface area contributed by atoms with Gasteiger partial charge < -0.3 is 10.2 Å². The molecule has 2 heterocycles. The Morgan fingerprint density at radius 3 is 2.68 bits per heavy atom. The predicted molar refractivity (Wildman–Crippen MR) is 89.2 cm³/mol. The highest BCUT2D eigenvalue weighted by molar-refractivity contribution is 8.00. The van der Waals surface area contributed by atoms with Crippen molar-refractivity contribution in [2.75, 3.05) is 24.6 Å². The zero-order valence-electron chi connectivity index (χ0n) is 12.7. The average Bonchev–Trinajstić information content (AvgIpc) is 2.87. The third kappa shape index (κ3) is 3.90. The van der Waals surface area contributed by atoms with E-state index in [1.165, 1.54) is 24.6 Å². The molecule has 22 heavy (non-hydrogen) atoms. The molecular weight excluding hydrogens is 296 g/mol. The van der Waals surface area contributed by atoms with Crippen LogP contribution in [0.15, 0.2) is 30.3 Å². The molecule has 1 aromatic rings. The van der Waals surface area contributed by atoms with Gasteiger partial charge in [0.1, 0.15) is 0 Å². The zero-order chi connectivity index (χ0) is 15.4. The van der Waals surface area contributed by atoms with Crippen molar-refractivity contribution in [2.24, 2.45) is 0 Å². The lowest BCUT2D eigenvalue weighted by Crippen LogP contribution is -2.40. The van der Waals surface area contributed by atoms with Crippen molar-refractivity contribution in [3.8, 4) is 0 Å². The Kier molecular flexibility index (Phi) is 5.16. The predicted octanol–water partition coefficient (Wildman–Crippen LogP) is 1.96. The number of rotatable bonds is 5. The summed E-state index contributed by atoms with van der Waals surface area (Å²) < 4.78 is 0. The van der Waals surface area contributed by atoms with E-state index in [0.29, 0.717) is 23.6 Å². The molecule has 3 rings (SSSR count). The second-order valence-electron chi connectivity index (χ2n) is 6.05. The lowest BCUT2D eigenvalue weighted by molar-refractivity contribution is -0.128. The number of thioether (sulfide) groups is 1. The molecule has 118 valence electrons. The molecule has 2 aliphatic heterocycles. The van der Waals surface area contributed by atoms with Crippen LogP contribution in [0.4, 0.5) is 0 Å². The summed E-state index contributed by atoms with van der Waals surface area (Å²) in [4.78, 5) is 26.3. The van der Waals surface area contributed by atoms with Gasteiger partial charge in [-0.2, -0.15) is 0 Å². The molecule has 2 fully saturated rings. The van der Waals surface area contributed by atoms with E-state index in [1.54, 1.807) is 0 Å². The number of amides is 1. The molecule has 2 unspecified atom stereocenters. The first-order valence-electron chi connectivity index (χ1n) is 7.92. The Balaban J connectivity index is 1.43.